The van der Waals surface area contributed by atoms with Gasteiger partial charge in [0.1, 0.15) is 0 Å². The first-order valence-corrected chi connectivity index (χ1v) is 6.14. The molecular formula is C13H18N4O. The van der Waals surface area contributed by atoms with Gasteiger partial charge in [0.2, 0.25) is 11.7 Å². The lowest BCUT2D eigenvalue weighted by molar-refractivity contribution is 0.366. The van der Waals surface area contributed by atoms with Gasteiger partial charge in [0.15, 0.2) is 0 Å². The summed E-state index contributed by atoms with van der Waals surface area (Å²) in [6, 6.07) is 1.90. The molecule has 2 aromatic rings. The van der Waals surface area contributed by atoms with Crippen LogP contribution in [0, 0.1) is 12.8 Å². The van der Waals surface area contributed by atoms with Gasteiger partial charge in [-0.25, -0.2) is 0 Å². The lowest BCUT2D eigenvalue weighted by atomic mass is 10.1. The van der Waals surface area contributed by atoms with Crippen LogP contribution in [-0.4, -0.2) is 21.7 Å². The van der Waals surface area contributed by atoms with Crippen molar-refractivity contribution in [2.75, 3.05) is 6.54 Å². The molecular weight excluding hydrogens is 228 g/mol. The third kappa shape index (κ3) is 2.92. The van der Waals surface area contributed by atoms with Gasteiger partial charge in [0, 0.05) is 24.4 Å². The Morgan fingerprint density at radius 3 is 3.00 bits per heavy atom. The highest BCUT2D eigenvalue weighted by Crippen LogP contribution is 2.19. The van der Waals surface area contributed by atoms with Gasteiger partial charge in [-0.2, -0.15) is 4.98 Å². The lowest BCUT2D eigenvalue weighted by Gasteiger charge is -2.04. The van der Waals surface area contributed by atoms with Crippen molar-refractivity contribution >= 4 is 0 Å². The average Bonchev–Trinajstić information content (AvgIpc) is 2.85. The van der Waals surface area contributed by atoms with E-state index in [1.807, 2.05) is 13.0 Å². The number of hydrogen-bond donors (Lipinski definition) is 1. The first kappa shape index (κ1) is 12.7. The van der Waals surface area contributed by atoms with Gasteiger partial charge in [0.05, 0.1) is 0 Å². The van der Waals surface area contributed by atoms with E-state index in [4.69, 9.17) is 10.3 Å². The van der Waals surface area contributed by atoms with Gasteiger partial charge < -0.3 is 10.3 Å². The Morgan fingerprint density at radius 2 is 2.28 bits per heavy atom. The smallest absolute Gasteiger partial charge is 0.226 e. The summed E-state index contributed by atoms with van der Waals surface area (Å²) in [5, 5.41) is 4.01. The molecule has 2 aromatic heterocycles. The predicted octanol–water partition coefficient (Wildman–Crippen LogP) is 1.97. The van der Waals surface area contributed by atoms with Crippen LogP contribution in [0.3, 0.4) is 0 Å². The summed E-state index contributed by atoms with van der Waals surface area (Å²) in [5.74, 6) is 1.77. The number of nitrogens with two attached hydrogens (primary N) is 1. The highest BCUT2D eigenvalue weighted by molar-refractivity contribution is 5.57. The quantitative estimate of drug-likeness (QED) is 0.872. The third-order valence-electron chi connectivity index (χ3n) is 2.98. The molecule has 0 aliphatic rings. The largest absolute Gasteiger partial charge is 0.339 e. The molecule has 96 valence electrons. The van der Waals surface area contributed by atoms with E-state index in [2.05, 4.69) is 22.0 Å². The highest BCUT2D eigenvalue weighted by Gasteiger charge is 2.11. The summed E-state index contributed by atoms with van der Waals surface area (Å²) in [6.45, 7) is 4.78. The van der Waals surface area contributed by atoms with Crippen molar-refractivity contribution in [1.29, 1.82) is 0 Å². The van der Waals surface area contributed by atoms with Crippen LogP contribution in [0.4, 0.5) is 0 Å². The van der Waals surface area contributed by atoms with Gasteiger partial charge in [-0.15, -0.1) is 0 Å². The highest BCUT2D eigenvalue weighted by atomic mass is 16.5. The molecule has 1 atom stereocenters. The summed E-state index contributed by atoms with van der Waals surface area (Å²) < 4.78 is 5.25. The van der Waals surface area contributed by atoms with Gasteiger partial charge in [-0.05, 0) is 37.4 Å². The Balaban J connectivity index is 2.09. The second-order valence-electron chi connectivity index (χ2n) is 4.58. The van der Waals surface area contributed by atoms with Crippen LogP contribution in [0.2, 0.25) is 0 Å². The summed E-state index contributed by atoms with van der Waals surface area (Å²) in [7, 11) is 0. The van der Waals surface area contributed by atoms with Crippen molar-refractivity contribution in [2.45, 2.75) is 26.7 Å². The fourth-order valence-corrected chi connectivity index (χ4v) is 1.68. The molecule has 1 unspecified atom stereocenters. The zero-order valence-corrected chi connectivity index (χ0v) is 10.8. The summed E-state index contributed by atoms with van der Waals surface area (Å²) in [5.41, 5.74) is 7.59. The third-order valence-corrected chi connectivity index (χ3v) is 2.98. The molecule has 0 aliphatic carbocycles. The molecule has 0 radical (unpaired) electrons. The van der Waals surface area contributed by atoms with Crippen LogP contribution in [0.1, 0.15) is 24.8 Å². The van der Waals surface area contributed by atoms with Crippen LogP contribution in [0.25, 0.3) is 11.4 Å². The second kappa shape index (κ2) is 5.73. The Hall–Kier alpha value is -1.75. The van der Waals surface area contributed by atoms with Gasteiger partial charge in [-0.1, -0.05) is 12.1 Å². The molecule has 5 heteroatoms. The molecule has 0 aliphatic heterocycles. The predicted molar refractivity (Wildman–Crippen MR) is 68.8 cm³/mol. The molecule has 0 fully saturated rings. The summed E-state index contributed by atoms with van der Waals surface area (Å²) in [6.07, 6.45) is 5.26. The summed E-state index contributed by atoms with van der Waals surface area (Å²) in [4.78, 5) is 8.45. The fraction of sp³-hybridized carbons (Fsp3) is 0.462. The SMILES string of the molecule is Cc1cnccc1-c1noc(CCC(C)CN)n1. The molecule has 0 spiro atoms. The van der Waals surface area contributed by atoms with E-state index < -0.39 is 0 Å². The normalized spacial score (nSPS) is 12.6. The van der Waals surface area contributed by atoms with E-state index in [0.717, 1.165) is 24.0 Å². The molecule has 0 saturated carbocycles. The molecule has 5 nitrogen and oxygen atoms in total. The van der Waals surface area contributed by atoms with Crippen molar-refractivity contribution in [3.05, 3.63) is 29.9 Å². The van der Waals surface area contributed by atoms with Crippen molar-refractivity contribution in [1.82, 2.24) is 15.1 Å². The molecule has 0 saturated heterocycles. The topological polar surface area (TPSA) is 77.8 Å². The monoisotopic (exact) mass is 246 g/mol. The first-order chi connectivity index (χ1) is 8.70. The number of pyridine rings is 1. The number of aryl methyl sites for hydroxylation is 2. The summed E-state index contributed by atoms with van der Waals surface area (Å²) >= 11 is 0. The molecule has 2 rings (SSSR count). The Kier molecular flexibility index (Phi) is 4.04. The van der Waals surface area contributed by atoms with Crippen LogP contribution < -0.4 is 5.73 Å². The Morgan fingerprint density at radius 1 is 1.44 bits per heavy atom. The minimum atomic E-state index is 0.475. The van der Waals surface area contributed by atoms with E-state index in [-0.39, 0.29) is 0 Å². The maximum absolute atomic E-state index is 5.58. The van der Waals surface area contributed by atoms with Crippen molar-refractivity contribution in [2.24, 2.45) is 11.7 Å². The minimum Gasteiger partial charge on any atom is -0.339 e. The molecule has 0 amide bonds. The van der Waals surface area contributed by atoms with E-state index in [9.17, 15) is 0 Å². The molecule has 0 aromatic carbocycles. The molecule has 2 N–H and O–H groups in total. The number of hydrogen-bond acceptors (Lipinski definition) is 5. The zero-order valence-electron chi connectivity index (χ0n) is 10.8. The standard InChI is InChI=1S/C13H18N4O/c1-9(7-14)3-4-12-16-13(17-18-12)11-5-6-15-8-10(11)2/h5-6,8-9H,3-4,7,14H2,1-2H3. The van der Waals surface area contributed by atoms with E-state index in [0.29, 0.717) is 24.2 Å². The van der Waals surface area contributed by atoms with Crippen LogP contribution in [-0.2, 0) is 6.42 Å². The molecule has 2 heterocycles. The minimum absolute atomic E-state index is 0.475. The van der Waals surface area contributed by atoms with E-state index >= 15 is 0 Å². The van der Waals surface area contributed by atoms with Gasteiger partial charge in [-0.3, -0.25) is 4.98 Å². The van der Waals surface area contributed by atoms with Crippen LogP contribution in [0.5, 0.6) is 0 Å². The number of aromatic nitrogens is 3. The van der Waals surface area contributed by atoms with E-state index in [1.54, 1.807) is 12.4 Å². The maximum Gasteiger partial charge on any atom is 0.226 e. The van der Waals surface area contributed by atoms with Crippen molar-refractivity contribution < 1.29 is 4.52 Å². The van der Waals surface area contributed by atoms with E-state index in [1.165, 1.54) is 0 Å². The Bertz CT molecular complexity index is 509. The number of nitrogens with zero attached hydrogens (tertiary/aromatic N) is 3. The fourth-order valence-electron chi connectivity index (χ4n) is 1.68. The maximum atomic E-state index is 5.58. The molecule has 18 heavy (non-hydrogen) atoms. The van der Waals surface area contributed by atoms with Crippen molar-refractivity contribution in [3.8, 4) is 11.4 Å². The first-order valence-electron chi connectivity index (χ1n) is 6.14. The Labute approximate surface area is 106 Å². The van der Waals surface area contributed by atoms with Crippen LogP contribution >= 0.6 is 0 Å². The number of rotatable bonds is 5. The zero-order chi connectivity index (χ0) is 13.0. The lowest BCUT2D eigenvalue weighted by Crippen LogP contribution is -2.11. The molecule has 0 bridgehead atoms. The second-order valence-corrected chi connectivity index (χ2v) is 4.58. The van der Waals surface area contributed by atoms with Crippen molar-refractivity contribution in [3.63, 3.8) is 0 Å². The van der Waals surface area contributed by atoms with Gasteiger partial charge in [0.25, 0.3) is 0 Å². The average molecular weight is 246 g/mol. The van der Waals surface area contributed by atoms with Crippen LogP contribution in [0.15, 0.2) is 23.0 Å². The van der Waals surface area contributed by atoms with Gasteiger partial charge >= 0.3 is 0 Å².